The van der Waals surface area contributed by atoms with Crippen molar-refractivity contribution in [2.75, 3.05) is 6.61 Å². The highest BCUT2D eigenvalue weighted by Gasteiger charge is 2.08. The molecule has 2 rings (SSSR count). The van der Waals surface area contributed by atoms with Crippen LogP contribution in [0.15, 0.2) is 53.0 Å². The number of nitrogens with one attached hydrogen (secondary N) is 3. The Balaban J connectivity index is 1.73. The number of amides is 2. The molecule has 0 aliphatic heterocycles. The van der Waals surface area contributed by atoms with E-state index in [2.05, 4.69) is 32.1 Å². The van der Waals surface area contributed by atoms with Crippen molar-refractivity contribution >= 4 is 45.1 Å². The van der Waals surface area contributed by atoms with Crippen LogP contribution in [0.3, 0.4) is 0 Å². The molecule has 0 unspecified atom stereocenters. The lowest BCUT2D eigenvalue weighted by molar-refractivity contribution is -0.121. The van der Waals surface area contributed by atoms with Gasteiger partial charge in [-0.2, -0.15) is 0 Å². The third-order valence-electron chi connectivity index (χ3n) is 3.01. The topological polar surface area (TPSA) is 79.5 Å². The number of rotatable bonds is 4. The number of carbonyl (C=O) groups is 2. The summed E-state index contributed by atoms with van der Waals surface area (Å²) in [6.45, 7) is 1.69. The SMILES string of the molecule is Cc1cccc(C(=O)NNC(=S)NC(=O)COc2ccc(Br)cc2)c1. The number of carbonyl (C=O) groups excluding carboxylic acids is 2. The summed E-state index contributed by atoms with van der Waals surface area (Å²) in [5, 5.41) is 2.39. The second-order valence-corrected chi connectivity index (χ2v) is 6.39. The monoisotopic (exact) mass is 421 g/mol. The predicted molar refractivity (Wildman–Crippen MR) is 102 cm³/mol. The summed E-state index contributed by atoms with van der Waals surface area (Å²) in [5.41, 5.74) is 6.35. The summed E-state index contributed by atoms with van der Waals surface area (Å²) in [7, 11) is 0. The standard InChI is InChI=1S/C17H16BrN3O3S/c1-11-3-2-4-12(9-11)16(23)20-21-17(25)19-15(22)10-24-14-7-5-13(18)6-8-14/h2-9H,10H2,1H3,(H,20,23)(H2,19,21,22,25). The summed E-state index contributed by atoms with van der Waals surface area (Å²) < 4.78 is 6.24. The molecule has 0 heterocycles. The molecule has 0 fully saturated rings. The van der Waals surface area contributed by atoms with Crippen LogP contribution < -0.4 is 20.9 Å². The average Bonchev–Trinajstić information content (AvgIpc) is 2.59. The number of hydrazine groups is 1. The molecular weight excluding hydrogens is 406 g/mol. The van der Waals surface area contributed by atoms with Crippen LogP contribution >= 0.6 is 28.1 Å². The molecule has 6 nitrogen and oxygen atoms in total. The first kappa shape index (κ1) is 18.9. The van der Waals surface area contributed by atoms with Crippen LogP contribution in [-0.4, -0.2) is 23.5 Å². The number of hydrogen-bond donors (Lipinski definition) is 3. The van der Waals surface area contributed by atoms with Gasteiger partial charge in [0.2, 0.25) is 0 Å². The Kier molecular flexibility index (Phi) is 6.91. The third kappa shape index (κ3) is 6.52. The highest BCUT2D eigenvalue weighted by atomic mass is 79.9. The number of benzene rings is 2. The quantitative estimate of drug-likeness (QED) is 0.521. The van der Waals surface area contributed by atoms with Crippen molar-refractivity contribution in [1.82, 2.24) is 16.2 Å². The van der Waals surface area contributed by atoms with E-state index in [1.807, 2.05) is 13.0 Å². The van der Waals surface area contributed by atoms with Gasteiger partial charge in [-0.15, -0.1) is 0 Å². The van der Waals surface area contributed by atoms with Gasteiger partial charge < -0.3 is 4.74 Å². The fourth-order valence-electron chi connectivity index (χ4n) is 1.85. The summed E-state index contributed by atoms with van der Waals surface area (Å²) in [6, 6.07) is 14.2. The first-order valence-electron chi connectivity index (χ1n) is 7.29. The Labute approximate surface area is 159 Å². The van der Waals surface area contributed by atoms with E-state index >= 15 is 0 Å². The Bertz CT molecular complexity index is 781. The van der Waals surface area contributed by atoms with Crippen LogP contribution in [0.2, 0.25) is 0 Å². The van der Waals surface area contributed by atoms with Crippen molar-refractivity contribution in [3.8, 4) is 5.75 Å². The first-order valence-corrected chi connectivity index (χ1v) is 8.49. The maximum Gasteiger partial charge on any atom is 0.269 e. The minimum atomic E-state index is -0.440. The molecule has 0 saturated heterocycles. The van der Waals surface area contributed by atoms with Crippen molar-refractivity contribution < 1.29 is 14.3 Å². The largest absolute Gasteiger partial charge is 0.484 e. The van der Waals surface area contributed by atoms with Crippen LogP contribution in [0.25, 0.3) is 0 Å². The van der Waals surface area contributed by atoms with Crippen molar-refractivity contribution in [2.45, 2.75) is 6.92 Å². The Morgan fingerprint density at radius 2 is 1.84 bits per heavy atom. The van der Waals surface area contributed by atoms with E-state index in [1.165, 1.54) is 0 Å². The smallest absolute Gasteiger partial charge is 0.269 e. The predicted octanol–water partition coefficient (Wildman–Crippen LogP) is 2.47. The summed E-state index contributed by atoms with van der Waals surface area (Å²) in [5.74, 6) is -0.235. The minimum absolute atomic E-state index is 0.0228. The lowest BCUT2D eigenvalue weighted by atomic mass is 10.1. The highest BCUT2D eigenvalue weighted by Crippen LogP contribution is 2.15. The highest BCUT2D eigenvalue weighted by molar-refractivity contribution is 9.10. The maximum atomic E-state index is 12.0. The molecule has 0 atom stereocenters. The van der Waals surface area contributed by atoms with Gasteiger partial charge in [0, 0.05) is 10.0 Å². The lowest BCUT2D eigenvalue weighted by Crippen LogP contribution is -2.49. The van der Waals surface area contributed by atoms with E-state index in [0.717, 1.165) is 10.0 Å². The molecular formula is C17H16BrN3O3S. The third-order valence-corrected chi connectivity index (χ3v) is 3.74. The van der Waals surface area contributed by atoms with Gasteiger partial charge in [0.25, 0.3) is 11.8 Å². The molecule has 2 aromatic rings. The zero-order chi connectivity index (χ0) is 18.2. The number of ether oxygens (including phenoxy) is 1. The zero-order valence-corrected chi connectivity index (χ0v) is 15.7. The number of thiocarbonyl (C=S) groups is 1. The Hall–Kier alpha value is -2.45. The summed E-state index contributed by atoms with van der Waals surface area (Å²) in [4.78, 5) is 23.7. The van der Waals surface area contributed by atoms with E-state index < -0.39 is 5.91 Å². The number of hydrogen-bond acceptors (Lipinski definition) is 4. The molecule has 25 heavy (non-hydrogen) atoms. The van der Waals surface area contributed by atoms with E-state index in [9.17, 15) is 9.59 Å². The van der Waals surface area contributed by atoms with Crippen LogP contribution in [0.4, 0.5) is 0 Å². The van der Waals surface area contributed by atoms with Gasteiger partial charge in [-0.3, -0.25) is 25.8 Å². The fourth-order valence-corrected chi connectivity index (χ4v) is 2.27. The van der Waals surface area contributed by atoms with Crippen molar-refractivity contribution in [1.29, 1.82) is 0 Å². The molecule has 0 bridgehead atoms. The van der Waals surface area contributed by atoms with Gasteiger partial charge in [0.15, 0.2) is 11.7 Å². The molecule has 130 valence electrons. The van der Waals surface area contributed by atoms with Gasteiger partial charge in [0.05, 0.1) is 0 Å². The van der Waals surface area contributed by atoms with Crippen LogP contribution in [0.1, 0.15) is 15.9 Å². The fraction of sp³-hybridized carbons (Fsp3) is 0.118. The van der Waals surface area contributed by atoms with E-state index in [1.54, 1.807) is 42.5 Å². The molecule has 0 aliphatic carbocycles. The molecule has 2 aromatic carbocycles. The molecule has 0 saturated carbocycles. The van der Waals surface area contributed by atoms with Gasteiger partial charge >= 0.3 is 0 Å². The second-order valence-electron chi connectivity index (χ2n) is 5.07. The van der Waals surface area contributed by atoms with Crippen molar-refractivity contribution in [2.24, 2.45) is 0 Å². The molecule has 0 spiro atoms. The van der Waals surface area contributed by atoms with E-state index in [4.69, 9.17) is 17.0 Å². The molecule has 3 N–H and O–H groups in total. The van der Waals surface area contributed by atoms with E-state index in [-0.39, 0.29) is 17.6 Å². The average molecular weight is 422 g/mol. The Morgan fingerprint density at radius 3 is 2.52 bits per heavy atom. The van der Waals surface area contributed by atoms with Gasteiger partial charge in [-0.05, 0) is 55.5 Å². The zero-order valence-electron chi connectivity index (χ0n) is 13.3. The molecule has 8 heteroatoms. The summed E-state index contributed by atoms with van der Waals surface area (Å²) in [6.07, 6.45) is 0. The Morgan fingerprint density at radius 1 is 1.12 bits per heavy atom. The van der Waals surface area contributed by atoms with Gasteiger partial charge in [-0.1, -0.05) is 33.6 Å². The maximum absolute atomic E-state index is 12.0. The van der Waals surface area contributed by atoms with Gasteiger partial charge in [0.1, 0.15) is 5.75 Å². The normalized spacial score (nSPS) is 9.84. The summed E-state index contributed by atoms with van der Waals surface area (Å²) >= 11 is 8.27. The number of halogens is 1. The van der Waals surface area contributed by atoms with Crippen LogP contribution in [-0.2, 0) is 4.79 Å². The first-order chi connectivity index (χ1) is 11.9. The van der Waals surface area contributed by atoms with E-state index in [0.29, 0.717) is 11.3 Å². The van der Waals surface area contributed by atoms with Crippen LogP contribution in [0, 0.1) is 6.92 Å². The van der Waals surface area contributed by atoms with Crippen molar-refractivity contribution in [3.63, 3.8) is 0 Å². The van der Waals surface area contributed by atoms with Crippen LogP contribution in [0.5, 0.6) is 5.75 Å². The molecule has 0 radical (unpaired) electrons. The molecule has 0 aliphatic rings. The lowest BCUT2D eigenvalue weighted by Gasteiger charge is -2.11. The number of aryl methyl sites for hydroxylation is 1. The second kappa shape index (κ2) is 9.14. The minimum Gasteiger partial charge on any atom is -0.484 e. The van der Waals surface area contributed by atoms with Gasteiger partial charge in [-0.25, -0.2) is 0 Å². The molecule has 2 amide bonds. The van der Waals surface area contributed by atoms with Crippen molar-refractivity contribution in [3.05, 3.63) is 64.1 Å². The molecule has 0 aromatic heterocycles.